The number of imide groups is 1. The minimum absolute atomic E-state index is 0.221. The van der Waals surface area contributed by atoms with Crippen molar-refractivity contribution in [2.24, 2.45) is 0 Å². The molecule has 0 radical (unpaired) electrons. The SMILES string of the molecule is CCCc1ccc(C2(C)NC(=O)N(CC(=O)N(CC)C3=CCCC3)C2=O)cc1. The van der Waals surface area contributed by atoms with Gasteiger partial charge in [-0.25, -0.2) is 4.79 Å². The summed E-state index contributed by atoms with van der Waals surface area (Å²) in [4.78, 5) is 41.1. The van der Waals surface area contributed by atoms with Crippen LogP contribution in [0, 0.1) is 0 Å². The van der Waals surface area contributed by atoms with Crippen LogP contribution in [0.3, 0.4) is 0 Å². The molecule has 6 nitrogen and oxygen atoms in total. The zero-order valence-corrected chi connectivity index (χ0v) is 17.0. The van der Waals surface area contributed by atoms with Gasteiger partial charge in [0.05, 0.1) is 0 Å². The third-order valence-corrected chi connectivity index (χ3v) is 5.62. The van der Waals surface area contributed by atoms with Gasteiger partial charge < -0.3 is 10.2 Å². The maximum atomic E-state index is 13.1. The number of hydrogen-bond donors (Lipinski definition) is 1. The van der Waals surface area contributed by atoms with E-state index in [1.807, 2.05) is 31.2 Å². The monoisotopic (exact) mass is 383 g/mol. The lowest BCUT2D eigenvalue weighted by atomic mass is 9.91. The molecule has 0 saturated carbocycles. The maximum Gasteiger partial charge on any atom is 0.325 e. The molecule has 1 aliphatic carbocycles. The van der Waals surface area contributed by atoms with Crippen molar-refractivity contribution in [2.75, 3.05) is 13.1 Å². The first-order valence-electron chi connectivity index (χ1n) is 10.1. The Labute approximate surface area is 166 Å². The fourth-order valence-corrected chi connectivity index (χ4v) is 3.99. The molecule has 1 aromatic rings. The molecule has 1 fully saturated rings. The Hall–Kier alpha value is -2.63. The van der Waals surface area contributed by atoms with Crippen LogP contribution < -0.4 is 5.32 Å². The second-order valence-electron chi connectivity index (χ2n) is 7.62. The van der Waals surface area contributed by atoms with E-state index >= 15 is 0 Å². The van der Waals surface area contributed by atoms with Crippen LogP contribution in [0.2, 0.25) is 0 Å². The lowest BCUT2D eigenvalue weighted by Crippen LogP contribution is -2.44. The van der Waals surface area contributed by atoms with Gasteiger partial charge in [-0.15, -0.1) is 0 Å². The number of nitrogens with one attached hydrogen (secondary N) is 1. The minimum atomic E-state index is -1.15. The molecule has 1 N–H and O–H groups in total. The summed E-state index contributed by atoms with van der Waals surface area (Å²) in [6.07, 6.45) is 6.95. The van der Waals surface area contributed by atoms with Crippen LogP contribution in [-0.2, 0) is 21.5 Å². The summed E-state index contributed by atoms with van der Waals surface area (Å²) in [5, 5.41) is 2.78. The highest BCUT2D eigenvalue weighted by Crippen LogP contribution is 2.29. The Morgan fingerprint density at radius 3 is 2.50 bits per heavy atom. The summed E-state index contributed by atoms with van der Waals surface area (Å²) < 4.78 is 0. The van der Waals surface area contributed by atoms with Gasteiger partial charge in [-0.3, -0.25) is 14.5 Å². The highest BCUT2D eigenvalue weighted by atomic mass is 16.2. The van der Waals surface area contributed by atoms with E-state index in [-0.39, 0.29) is 18.4 Å². The highest BCUT2D eigenvalue weighted by Gasteiger charge is 2.49. The number of rotatable bonds is 7. The van der Waals surface area contributed by atoms with Gasteiger partial charge in [-0.05, 0) is 50.7 Å². The normalized spacial score (nSPS) is 21.7. The summed E-state index contributed by atoms with van der Waals surface area (Å²) in [5.41, 5.74) is 1.77. The molecule has 1 aromatic carbocycles. The summed E-state index contributed by atoms with van der Waals surface area (Å²) in [5.74, 6) is -0.604. The maximum absolute atomic E-state index is 13.1. The van der Waals surface area contributed by atoms with Gasteiger partial charge in [0.25, 0.3) is 5.91 Å². The molecule has 0 aromatic heterocycles. The fourth-order valence-electron chi connectivity index (χ4n) is 3.99. The number of carbonyl (C=O) groups excluding carboxylic acids is 3. The molecular formula is C22H29N3O3. The lowest BCUT2D eigenvalue weighted by Gasteiger charge is -2.25. The van der Waals surface area contributed by atoms with E-state index in [0.717, 1.165) is 48.3 Å². The highest BCUT2D eigenvalue weighted by molar-refractivity contribution is 6.09. The molecule has 1 aliphatic heterocycles. The van der Waals surface area contributed by atoms with Crippen molar-refractivity contribution < 1.29 is 14.4 Å². The van der Waals surface area contributed by atoms with Gasteiger partial charge in [-0.2, -0.15) is 0 Å². The summed E-state index contributed by atoms with van der Waals surface area (Å²) in [6, 6.07) is 7.23. The molecule has 0 spiro atoms. The Balaban J connectivity index is 1.76. The van der Waals surface area contributed by atoms with E-state index in [1.54, 1.807) is 11.8 Å². The second-order valence-corrected chi connectivity index (χ2v) is 7.62. The van der Waals surface area contributed by atoms with Crippen LogP contribution in [0.15, 0.2) is 36.0 Å². The van der Waals surface area contributed by atoms with Gasteiger partial charge in [0, 0.05) is 12.2 Å². The molecular weight excluding hydrogens is 354 g/mol. The first-order valence-corrected chi connectivity index (χ1v) is 10.1. The van der Waals surface area contributed by atoms with Gasteiger partial charge in [0.15, 0.2) is 0 Å². The standard InChI is InChI=1S/C22H29N3O3/c1-4-8-16-11-13-17(14-12-16)22(3)20(27)25(21(28)23-22)15-19(26)24(5-2)18-9-6-7-10-18/h9,11-14H,4-8,10,15H2,1-3H3,(H,23,28). The van der Waals surface area contributed by atoms with Crippen molar-refractivity contribution in [1.29, 1.82) is 0 Å². The van der Waals surface area contributed by atoms with Crippen molar-refractivity contribution in [3.8, 4) is 0 Å². The summed E-state index contributed by atoms with van der Waals surface area (Å²) in [6.45, 7) is 6.02. The number of aryl methyl sites for hydroxylation is 1. The molecule has 2 aliphatic rings. The second kappa shape index (κ2) is 8.17. The molecule has 28 heavy (non-hydrogen) atoms. The number of hydrogen-bond acceptors (Lipinski definition) is 3. The fraction of sp³-hybridized carbons (Fsp3) is 0.500. The quantitative estimate of drug-likeness (QED) is 0.735. The number of urea groups is 1. The van der Waals surface area contributed by atoms with Crippen LogP contribution in [0.25, 0.3) is 0 Å². The minimum Gasteiger partial charge on any atom is -0.319 e. The van der Waals surface area contributed by atoms with E-state index in [2.05, 4.69) is 18.3 Å². The Morgan fingerprint density at radius 1 is 1.21 bits per heavy atom. The summed E-state index contributed by atoms with van der Waals surface area (Å²) in [7, 11) is 0. The predicted molar refractivity (Wildman–Crippen MR) is 107 cm³/mol. The smallest absolute Gasteiger partial charge is 0.319 e. The van der Waals surface area contributed by atoms with Crippen LogP contribution >= 0.6 is 0 Å². The number of amides is 4. The average Bonchev–Trinajstić information content (AvgIpc) is 3.27. The zero-order chi connectivity index (χ0) is 20.3. The molecule has 6 heteroatoms. The summed E-state index contributed by atoms with van der Waals surface area (Å²) >= 11 is 0. The Morgan fingerprint density at radius 2 is 1.93 bits per heavy atom. The molecule has 1 unspecified atom stereocenters. The number of nitrogens with zero attached hydrogens (tertiary/aromatic N) is 2. The van der Waals surface area contributed by atoms with Gasteiger partial charge in [0.1, 0.15) is 12.1 Å². The Bertz CT molecular complexity index is 800. The number of allylic oxidation sites excluding steroid dienone is 2. The van der Waals surface area contributed by atoms with Crippen LogP contribution in [0.4, 0.5) is 4.79 Å². The van der Waals surface area contributed by atoms with Gasteiger partial charge in [0.2, 0.25) is 5.91 Å². The number of benzene rings is 1. The van der Waals surface area contributed by atoms with E-state index in [9.17, 15) is 14.4 Å². The first-order chi connectivity index (χ1) is 13.4. The van der Waals surface area contributed by atoms with Crippen molar-refractivity contribution in [1.82, 2.24) is 15.1 Å². The van der Waals surface area contributed by atoms with E-state index < -0.39 is 11.6 Å². The first kappa shape index (κ1) is 20.1. The lowest BCUT2D eigenvalue weighted by molar-refractivity contribution is -0.137. The van der Waals surface area contributed by atoms with Gasteiger partial charge >= 0.3 is 6.03 Å². The molecule has 1 heterocycles. The van der Waals surface area contributed by atoms with Crippen LogP contribution in [-0.4, -0.2) is 40.7 Å². The van der Waals surface area contributed by atoms with E-state index in [4.69, 9.17) is 0 Å². The number of carbonyl (C=O) groups is 3. The van der Waals surface area contributed by atoms with Crippen LogP contribution in [0.5, 0.6) is 0 Å². The molecule has 150 valence electrons. The molecule has 0 bridgehead atoms. The average molecular weight is 383 g/mol. The van der Waals surface area contributed by atoms with Crippen molar-refractivity contribution in [2.45, 2.75) is 58.4 Å². The third-order valence-electron chi connectivity index (χ3n) is 5.62. The van der Waals surface area contributed by atoms with E-state index in [0.29, 0.717) is 6.54 Å². The molecule has 1 atom stereocenters. The molecule has 3 rings (SSSR count). The van der Waals surface area contributed by atoms with Crippen molar-refractivity contribution in [3.05, 3.63) is 47.2 Å². The third kappa shape index (κ3) is 3.68. The number of likely N-dealkylation sites (N-methyl/N-ethyl adjacent to an activating group) is 1. The van der Waals surface area contributed by atoms with Gasteiger partial charge in [-0.1, -0.05) is 43.7 Å². The molecule has 1 saturated heterocycles. The predicted octanol–water partition coefficient (Wildman–Crippen LogP) is 3.32. The Kier molecular flexibility index (Phi) is 5.87. The molecule has 4 amide bonds. The zero-order valence-electron chi connectivity index (χ0n) is 17.0. The van der Waals surface area contributed by atoms with Crippen molar-refractivity contribution in [3.63, 3.8) is 0 Å². The largest absolute Gasteiger partial charge is 0.325 e. The van der Waals surface area contributed by atoms with Crippen LogP contribution in [0.1, 0.15) is 57.6 Å². The van der Waals surface area contributed by atoms with Crippen molar-refractivity contribution >= 4 is 17.8 Å². The topological polar surface area (TPSA) is 69.7 Å². The van der Waals surface area contributed by atoms with E-state index in [1.165, 1.54) is 5.56 Å².